The summed E-state index contributed by atoms with van der Waals surface area (Å²) in [5.74, 6) is -2.63. The first-order valence-electron chi connectivity index (χ1n) is 16.6. The van der Waals surface area contributed by atoms with Gasteiger partial charge in [-0.25, -0.2) is 0 Å². The zero-order valence-corrected chi connectivity index (χ0v) is 27.5. The summed E-state index contributed by atoms with van der Waals surface area (Å²) in [6, 6.07) is 21.9. The molecule has 3 aliphatic rings. The molecule has 0 aromatic heterocycles. The second kappa shape index (κ2) is 12.7. The molecule has 6 rings (SSSR count). The molecule has 3 saturated heterocycles. The van der Waals surface area contributed by atoms with Gasteiger partial charge in [0.25, 0.3) is 5.91 Å². The van der Waals surface area contributed by atoms with Gasteiger partial charge in [0.1, 0.15) is 11.6 Å². The lowest BCUT2D eigenvalue weighted by molar-refractivity contribution is -0.153. The van der Waals surface area contributed by atoms with E-state index >= 15 is 4.79 Å². The topological polar surface area (TPSA) is 90.4 Å². The van der Waals surface area contributed by atoms with Crippen molar-refractivity contribution in [3.63, 3.8) is 0 Å². The van der Waals surface area contributed by atoms with Crippen LogP contribution in [0.15, 0.2) is 98.1 Å². The van der Waals surface area contributed by atoms with Gasteiger partial charge in [0.15, 0.2) is 0 Å². The van der Waals surface area contributed by atoms with Gasteiger partial charge in [-0.05, 0) is 54.2 Å². The number of anilines is 1. The molecule has 0 saturated carbocycles. The Bertz CT molecular complexity index is 1690. The van der Waals surface area contributed by atoms with Crippen molar-refractivity contribution in [1.29, 1.82) is 0 Å². The molecule has 1 N–H and O–H groups in total. The van der Waals surface area contributed by atoms with Crippen LogP contribution in [0, 0.1) is 17.8 Å². The van der Waals surface area contributed by atoms with Gasteiger partial charge in [0.2, 0.25) is 11.8 Å². The van der Waals surface area contributed by atoms with Crippen molar-refractivity contribution in [1.82, 2.24) is 9.80 Å². The summed E-state index contributed by atoms with van der Waals surface area (Å²) < 4.78 is 6.94. The van der Waals surface area contributed by atoms with Crippen LogP contribution in [0.4, 0.5) is 5.69 Å². The van der Waals surface area contributed by atoms with E-state index in [-0.39, 0.29) is 36.8 Å². The van der Waals surface area contributed by atoms with Crippen LogP contribution in [-0.2, 0) is 25.7 Å². The van der Waals surface area contributed by atoms with Gasteiger partial charge in [0, 0.05) is 25.3 Å². The molecule has 3 aromatic carbocycles. The van der Waals surface area contributed by atoms with Crippen molar-refractivity contribution in [2.24, 2.45) is 17.8 Å². The lowest BCUT2D eigenvalue weighted by atomic mass is 9.66. The molecule has 2 bridgehead atoms. The average molecular weight is 636 g/mol. The summed E-state index contributed by atoms with van der Waals surface area (Å²) in [6.45, 7) is 14.2. The maximum absolute atomic E-state index is 15.1. The highest BCUT2D eigenvalue weighted by atomic mass is 16.5. The van der Waals surface area contributed by atoms with Crippen LogP contribution in [-0.4, -0.2) is 75.6 Å². The number of ether oxygens (including phenoxy) is 1. The Morgan fingerprint density at radius 1 is 0.979 bits per heavy atom. The number of aliphatic hydroxyl groups excluding tert-OH is 1. The number of hydrogen-bond donors (Lipinski definition) is 1. The minimum atomic E-state index is -1.23. The molecule has 6 atom stereocenters. The highest BCUT2D eigenvalue weighted by Gasteiger charge is 2.79. The van der Waals surface area contributed by atoms with Gasteiger partial charge < -0.3 is 24.5 Å². The maximum atomic E-state index is 15.1. The SMILES string of the molecule is C=CCN(Cc1ccccc1)C(=O)[C@@H]1[C@H]2C(=O)N([C@@H](CO)C(C)C)C(C(=O)N(CC=C)c3ccc4ccccc4c3)C23CC[C@@]1(C)O3. The average Bonchev–Trinajstić information content (AvgIpc) is 3.64. The van der Waals surface area contributed by atoms with Gasteiger partial charge in [-0.1, -0.05) is 86.7 Å². The Morgan fingerprint density at radius 3 is 2.32 bits per heavy atom. The highest BCUT2D eigenvalue weighted by Crippen LogP contribution is 2.64. The van der Waals surface area contributed by atoms with Crippen molar-refractivity contribution in [2.75, 3.05) is 24.6 Å². The quantitative estimate of drug-likeness (QED) is 0.271. The fraction of sp³-hybridized carbons (Fsp3) is 0.410. The Balaban J connectivity index is 1.44. The first-order valence-corrected chi connectivity index (χ1v) is 16.6. The third-order valence-electron chi connectivity index (χ3n) is 10.5. The number of rotatable bonds is 12. The first-order chi connectivity index (χ1) is 22.6. The molecule has 2 unspecified atom stereocenters. The molecule has 3 aliphatic heterocycles. The number of likely N-dealkylation sites (tertiary alicyclic amines) is 1. The smallest absolute Gasteiger partial charge is 0.253 e. The molecule has 3 fully saturated rings. The van der Waals surface area contributed by atoms with E-state index in [9.17, 15) is 14.7 Å². The van der Waals surface area contributed by atoms with Gasteiger partial charge in [-0.3, -0.25) is 14.4 Å². The molecule has 47 heavy (non-hydrogen) atoms. The summed E-state index contributed by atoms with van der Waals surface area (Å²) in [5.41, 5.74) is -0.516. The normalized spacial score (nSPS) is 26.8. The van der Waals surface area contributed by atoms with Gasteiger partial charge in [-0.2, -0.15) is 0 Å². The van der Waals surface area contributed by atoms with E-state index in [2.05, 4.69) is 13.2 Å². The predicted molar refractivity (Wildman–Crippen MR) is 183 cm³/mol. The number of fused-ring (bicyclic) bond motifs is 2. The summed E-state index contributed by atoms with van der Waals surface area (Å²) >= 11 is 0. The zero-order valence-electron chi connectivity index (χ0n) is 27.5. The predicted octanol–water partition coefficient (Wildman–Crippen LogP) is 5.36. The molecule has 3 aromatic rings. The molecular weight excluding hydrogens is 590 g/mol. The van der Waals surface area contributed by atoms with E-state index < -0.39 is 35.1 Å². The molecule has 0 aliphatic carbocycles. The monoisotopic (exact) mass is 635 g/mol. The zero-order chi connectivity index (χ0) is 33.5. The maximum Gasteiger partial charge on any atom is 0.253 e. The number of amides is 3. The number of carbonyl (C=O) groups excluding carboxylic acids is 3. The summed E-state index contributed by atoms with van der Waals surface area (Å²) in [6.07, 6.45) is 4.35. The fourth-order valence-electron chi connectivity index (χ4n) is 8.33. The van der Waals surface area contributed by atoms with Crippen LogP contribution in [0.3, 0.4) is 0 Å². The van der Waals surface area contributed by atoms with Crippen LogP contribution in [0.5, 0.6) is 0 Å². The van der Waals surface area contributed by atoms with Crippen LogP contribution in [0.1, 0.15) is 39.2 Å². The van der Waals surface area contributed by atoms with Crippen molar-refractivity contribution in [2.45, 2.75) is 63.4 Å². The molecule has 3 amide bonds. The van der Waals surface area contributed by atoms with Gasteiger partial charge >= 0.3 is 0 Å². The lowest BCUT2D eigenvalue weighted by Gasteiger charge is -2.40. The van der Waals surface area contributed by atoms with E-state index in [0.717, 1.165) is 16.3 Å². The number of aliphatic hydroxyl groups is 1. The Labute approximate surface area is 277 Å². The van der Waals surface area contributed by atoms with Crippen molar-refractivity contribution in [3.8, 4) is 0 Å². The third kappa shape index (κ3) is 5.37. The molecular formula is C39H45N3O5. The minimum absolute atomic E-state index is 0.153. The van der Waals surface area contributed by atoms with Crippen LogP contribution < -0.4 is 4.90 Å². The Hall–Kier alpha value is -4.27. The van der Waals surface area contributed by atoms with Crippen molar-refractivity contribution in [3.05, 3.63) is 104 Å². The molecule has 246 valence electrons. The van der Waals surface area contributed by atoms with Gasteiger partial charge in [0.05, 0.1) is 30.1 Å². The third-order valence-corrected chi connectivity index (χ3v) is 10.5. The second-order valence-electron chi connectivity index (χ2n) is 13.7. The van der Waals surface area contributed by atoms with E-state index in [1.807, 2.05) is 93.6 Å². The van der Waals surface area contributed by atoms with Crippen LogP contribution in [0.2, 0.25) is 0 Å². The summed E-state index contributed by atoms with van der Waals surface area (Å²) in [7, 11) is 0. The van der Waals surface area contributed by atoms with Crippen molar-refractivity contribution >= 4 is 34.2 Å². The number of nitrogens with zero attached hydrogens (tertiary/aromatic N) is 3. The van der Waals surface area contributed by atoms with E-state index in [0.29, 0.717) is 31.6 Å². The van der Waals surface area contributed by atoms with E-state index in [1.165, 1.54) is 0 Å². The molecule has 8 nitrogen and oxygen atoms in total. The van der Waals surface area contributed by atoms with E-state index in [4.69, 9.17) is 4.74 Å². The second-order valence-corrected chi connectivity index (χ2v) is 13.7. The standard InChI is InChI=1S/C39H45N3O5/c1-6-21-40(24-27-13-9-8-10-14-27)35(44)32-33-36(45)42(31(25-43)26(3)4)34(39(33)20-19-38(32,5)47-39)37(46)41(22-7-2)30-18-17-28-15-11-12-16-29(28)23-30/h6-18,23,26,31-34,43H,1-2,19-22,24-25H2,3-5H3/t31-,32-,33-,34?,38+,39?/m0/s1. The minimum Gasteiger partial charge on any atom is -0.394 e. The molecule has 3 heterocycles. The van der Waals surface area contributed by atoms with E-state index in [1.54, 1.807) is 26.9 Å². The number of benzene rings is 3. The number of hydrogen-bond acceptors (Lipinski definition) is 5. The van der Waals surface area contributed by atoms with Gasteiger partial charge in [-0.15, -0.1) is 13.2 Å². The summed E-state index contributed by atoms with van der Waals surface area (Å²) in [5, 5.41) is 12.7. The summed E-state index contributed by atoms with van der Waals surface area (Å²) in [4.78, 5) is 49.5. The largest absolute Gasteiger partial charge is 0.394 e. The molecule has 1 spiro atoms. The Kier molecular flexibility index (Phi) is 8.85. The van der Waals surface area contributed by atoms with Crippen LogP contribution >= 0.6 is 0 Å². The molecule has 0 radical (unpaired) electrons. The number of carbonyl (C=O) groups is 3. The van der Waals surface area contributed by atoms with Crippen molar-refractivity contribution < 1.29 is 24.2 Å². The molecule has 8 heteroatoms. The van der Waals surface area contributed by atoms with Crippen LogP contribution in [0.25, 0.3) is 10.8 Å². The first kappa shape index (κ1) is 32.7. The highest BCUT2D eigenvalue weighted by molar-refractivity contribution is 6.06. The Morgan fingerprint density at radius 2 is 1.66 bits per heavy atom. The lowest BCUT2D eigenvalue weighted by Crippen LogP contribution is -2.60. The fourth-order valence-corrected chi connectivity index (χ4v) is 8.33.